The van der Waals surface area contributed by atoms with E-state index in [9.17, 15) is 4.79 Å². The highest BCUT2D eigenvalue weighted by molar-refractivity contribution is 5.76. The summed E-state index contributed by atoms with van der Waals surface area (Å²) in [5, 5.41) is 3.40. The van der Waals surface area contributed by atoms with Crippen LogP contribution in [0.4, 0.5) is 0 Å². The monoisotopic (exact) mass is 260 g/mol. The molecule has 1 aromatic rings. The van der Waals surface area contributed by atoms with Gasteiger partial charge in [-0.25, -0.2) is 0 Å². The molecule has 1 unspecified atom stereocenters. The first kappa shape index (κ1) is 14.1. The van der Waals surface area contributed by atoms with Gasteiger partial charge in [0.2, 0.25) is 5.91 Å². The SMILES string of the molecule is CN(C)C(=O)CC(c1ccccc1)C1CCNCC1. The lowest BCUT2D eigenvalue weighted by molar-refractivity contribution is -0.129. The van der Waals surface area contributed by atoms with Gasteiger partial charge in [-0.15, -0.1) is 0 Å². The number of amides is 1. The lowest BCUT2D eigenvalue weighted by Gasteiger charge is -2.31. The molecule has 0 saturated carbocycles. The van der Waals surface area contributed by atoms with E-state index in [1.165, 1.54) is 18.4 Å². The molecule has 2 rings (SSSR count). The molecule has 104 valence electrons. The fourth-order valence-electron chi connectivity index (χ4n) is 2.87. The quantitative estimate of drug-likeness (QED) is 0.900. The van der Waals surface area contributed by atoms with Crippen molar-refractivity contribution in [3.63, 3.8) is 0 Å². The topological polar surface area (TPSA) is 32.3 Å². The number of nitrogens with zero attached hydrogens (tertiary/aromatic N) is 1. The number of carbonyl (C=O) groups excluding carboxylic acids is 1. The molecule has 1 fully saturated rings. The first-order valence-corrected chi connectivity index (χ1v) is 7.14. The number of carbonyl (C=O) groups is 1. The van der Waals surface area contributed by atoms with Crippen molar-refractivity contribution in [2.24, 2.45) is 5.92 Å². The highest BCUT2D eigenvalue weighted by Gasteiger charge is 2.27. The molecule has 0 aromatic heterocycles. The maximum absolute atomic E-state index is 12.1. The van der Waals surface area contributed by atoms with Crippen LogP contribution in [0.3, 0.4) is 0 Å². The van der Waals surface area contributed by atoms with Crippen molar-refractivity contribution in [2.45, 2.75) is 25.2 Å². The molecule has 1 aliphatic heterocycles. The minimum atomic E-state index is 0.229. The zero-order valence-corrected chi connectivity index (χ0v) is 11.9. The van der Waals surface area contributed by atoms with Gasteiger partial charge in [-0.3, -0.25) is 4.79 Å². The molecule has 0 spiro atoms. The number of benzene rings is 1. The van der Waals surface area contributed by atoms with Gasteiger partial charge in [-0.2, -0.15) is 0 Å². The molecule has 1 aromatic carbocycles. The normalized spacial score (nSPS) is 18.0. The van der Waals surface area contributed by atoms with Gasteiger partial charge in [-0.1, -0.05) is 30.3 Å². The molecule has 1 aliphatic rings. The van der Waals surface area contributed by atoms with Crippen molar-refractivity contribution in [3.05, 3.63) is 35.9 Å². The molecule has 19 heavy (non-hydrogen) atoms. The molecule has 0 aliphatic carbocycles. The number of hydrogen-bond acceptors (Lipinski definition) is 2. The standard InChI is InChI=1S/C16H24N2O/c1-18(2)16(19)12-15(13-6-4-3-5-7-13)14-8-10-17-11-9-14/h3-7,14-15,17H,8-12H2,1-2H3. The summed E-state index contributed by atoms with van der Waals surface area (Å²) in [6.07, 6.45) is 2.96. The van der Waals surface area contributed by atoms with E-state index in [-0.39, 0.29) is 5.91 Å². The van der Waals surface area contributed by atoms with Crippen molar-refractivity contribution >= 4 is 5.91 Å². The van der Waals surface area contributed by atoms with Crippen LogP contribution in [0.15, 0.2) is 30.3 Å². The average Bonchev–Trinajstić information content (AvgIpc) is 2.46. The number of rotatable bonds is 4. The predicted molar refractivity (Wildman–Crippen MR) is 78.1 cm³/mol. The third kappa shape index (κ3) is 3.80. The Kier molecular flexibility index (Phi) is 4.97. The van der Waals surface area contributed by atoms with Gasteiger partial charge >= 0.3 is 0 Å². The van der Waals surface area contributed by atoms with E-state index in [4.69, 9.17) is 0 Å². The molecular weight excluding hydrogens is 236 g/mol. The Morgan fingerprint density at radius 3 is 2.47 bits per heavy atom. The largest absolute Gasteiger partial charge is 0.349 e. The highest BCUT2D eigenvalue weighted by atomic mass is 16.2. The molecule has 0 bridgehead atoms. The molecule has 1 amide bonds. The summed E-state index contributed by atoms with van der Waals surface area (Å²) in [5.74, 6) is 1.21. The van der Waals surface area contributed by atoms with Crippen LogP contribution in [-0.4, -0.2) is 38.0 Å². The molecule has 3 nitrogen and oxygen atoms in total. The Balaban J connectivity index is 2.15. The maximum Gasteiger partial charge on any atom is 0.222 e. The van der Waals surface area contributed by atoms with Gasteiger partial charge in [0.1, 0.15) is 0 Å². The van der Waals surface area contributed by atoms with Gasteiger partial charge in [-0.05, 0) is 43.3 Å². The summed E-state index contributed by atoms with van der Waals surface area (Å²) < 4.78 is 0. The first-order valence-electron chi connectivity index (χ1n) is 7.14. The minimum Gasteiger partial charge on any atom is -0.349 e. The second kappa shape index (κ2) is 6.71. The van der Waals surface area contributed by atoms with E-state index in [2.05, 4.69) is 29.6 Å². The summed E-state index contributed by atoms with van der Waals surface area (Å²) in [4.78, 5) is 13.8. The lowest BCUT2D eigenvalue weighted by Crippen LogP contribution is -2.33. The molecule has 3 heteroatoms. The summed E-state index contributed by atoms with van der Waals surface area (Å²) >= 11 is 0. The summed E-state index contributed by atoms with van der Waals surface area (Å²) in [6.45, 7) is 2.15. The molecule has 0 radical (unpaired) electrons. The number of hydrogen-bond donors (Lipinski definition) is 1. The van der Waals surface area contributed by atoms with Crippen molar-refractivity contribution in [1.82, 2.24) is 10.2 Å². The molecular formula is C16H24N2O. The molecule has 1 heterocycles. The zero-order chi connectivity index (χ0) is 13.7. The fraction of sp³-hybridized carbons (Fsp3) is 0.562. The molecule has 1 saturated heterocycles. The Labute approximate surface area is 116 Å². The first-order chi connectivity index (χ1) is 9.18. The smallest absolute Gasteiger partial charge is 0.222 e. The van der Waals surface area contributed by atoms with Crippen molar-refractivity contribution in [2.75, 3.05) is 27.2 Å². The third-order valence-electron chi connectivity index (χ3n) is 4.07. The highest BCUT2D eigenvalue weighted by Crippen LogP contribution is 2.34. The van der Waals surface area contributed by atoms with Crippen LogP contribution in [0, 0.1) is 5.92 Å². The summed E-state index contributed by atoms with van der Waals surface area (Å²) in [5.41, 5.74) is 1.31. The molecule has 1 N–H and O–H groups in total. The fourth-order valence-corrected chi connectivity index (χ4v) is 2.87. The van der Waals surface area contributed by atoms with Gasteiger partial charge < -0.3 is 10.2 Å². The predicted octanol–water partition coefficient (Wildman–Crippen LogP) is 2.25. The van der Waals surface area contributed by atoms with Gasteiger partial charge in [0.15, 0.2) is 0 Å². The van der Waals surface area contributed by atoms with E-state index in [1.54, 1.807) is 4.90 Å². The van der Waals surface area contributed by atoms with Gasteiger partial charge in [0.25, 0.3) is 0 Å². The van der Waals surface area contributed by atoms with E-state index >= 15 is 0 Å². The number of piperidine rings is 1. The Morgan fingerprint density at radius 1 is 1.26 bits per heavy atom. The van der Waals surface area contributed by atoms with Crippen LogP contribution < -0.4 is 5.32 Å². The Morgan fingerprint density at radius 2 is 1.89 bits per heavy atom. The Hall–Kier alpha value is -1.35. The van der Waals surface area contributed by atoms with E-state index < -0.39 is 0 Å². The van der Waals surface area contributed by atoms with Crippen LogP contribution in [-0.2, 0) is 4.79 Å². The van der Waals surface area contributed by atoms with E-state index in [0.717, 1.165) is 13.1 Å². The number of nitrogens with one attached hydrogen (secondary N) is 1. The summed E-state index contributed by atoms with van der Waals surface area (Å²) in [7, 11) is 3.68. The van der Waals surface area contributed by atoms with Crippen LogP contribution in [0.2, 0.25) is 0 Å². The second-order valence-electron chi connectivity index (χ2n) is 5.60. The van der Waals surface area contributed by atoms with Crippen LogP contribution in [0.1, 0.15) is 30.7 Å². The summed E-state index contributed by atoms with van der Waals surface area (Å²) in [6, 6.07) is 10.5. The maximum atomic E-state index is 12.1. The second-order valence-corrected chi connectivity index (χ2v) is 5.60. The van der Waals surface area contributed by atoms with Crippen LogP contribution in [0.25, 0.3) is 0 Å². The lowest BCUT2D eigenvalue weighted by atomic mass is 9.78. The average molecular weight is 260 g/mol. The Bertz CT molecular complexity index is 396. The van der Waals surface area contributed by atoms with Crippen molar-refractivity contribution < 1.29 is 4.79 Å². The van der Waals surface area contributed by atoms with Gasteiger partial charge in [0.05, 0.1) is 0 Å². The third-order valence-corrected chi connectivity index (χ3v) is 4.07. The zero-order valence-electron chi connectivity index (χ0n) is 11.9. The minimum absolute atomic E-state index is 0.229. The van der Waals surface area contributed by atoms with Crippen molar-refractivity contribution in [1.29, 1.82) is 0 Å². The van der Waals surface area contributed by atoms with E-state index in [1.807, 2.05) is 20.2 Å². The van der Waals surface area contributed by atoms with Crippen LogP contribution in [0.5, 0.6) is 0 Å². The molecule has 1 atom stereocenters. The van der Waals surface area contributed by atoms with Crippen molar-refractivity contribution in [3.8, 4) is 0 Å². The van der Waals surface area contributed by atoms with Gasteiger partial charge in [0, 0.05) is 20.5 Å². The van der Waals surface area contributed by atoms with Crippen LogP contribution >= 0.6 is 0 Å². The van der Waals surface area contributed by atoms with E-state index in [0.29, 0.717) is 18.3 Å².